The first-order valence-corrected chi connectivity index (χ1v) is 13.6. The maximum atomic E-state index is 4.45. The van der Waals surface area contributed by atoms with E-state index in [0.29, 0.717) is 0 Å². The number of aromatic nitrogens is 1. The van der Waals surface area contributed by atoms with Crippen molar-refractivity contribution in [2.75, 3.05) is 0 Å². The molecule has 2 heteroatoms. The number of hydrogen-bond acceptors (Lipinski definition) is 1. The highest BCUT2D eigenvalue weighted by Gasteiger charge is 2.17. The zero-order valence-electron chi connectivity index (χ0n) is 22.4. The SMILES string of the molecule is C=N/C(=C\C=C/C)c1c2ccccc2c(-c2ccc(-n3c4ccccc4c4ccccc43)cc2)c2ccccc12. The van der Waals surface area contributed by atoms with Gasteiger partial charge in [0.05, 0.1) is 16.7 Å². The number of hydrogen-bond donors (Lipinski definition) is 0. The molecule has 0 aliphatic carbocycles. The Morgan fingerprint density at radius 1 is 0.600 bits per heavy atom. The second-order valence-corrected chi connectivity index (χ2v) is 9.99. The van der Waals surface area contributed by atoms with E-state index in [0.717, 1.165) is 16.9 Å². The molecule has 0 spiro atoms. The Morgan fingerprint density at radius 2 is 1.07 bits per heavy atom. The summed E-state index contributed by atoms with van der Waals surface area (Å²) in [7, 11) is 0. The number of benzene rings is 6. The van der Waals surface area contributed by atoms with Crippen molar-refractivity contribution in [2.24, 2.45) is 4.99 Å². The number of para-hydroxylation sites is 2. The summed E-state index contributed by atoms with van der Waals surface area (Å²) in [5.74, 6) is 0. The summed E-state index contributed by atoms with van der Waals surface area (Å²) in [6, 6.07) is 43.6. The zero-order chi connectivity index (χ0) is 27.1. The lowest BCUT2D eigenvalue weighted by Gasteiger charge is -2.18. The van der Waals surface area contributed by atoms with E-state index in [2.05, 4.69) is 138 Å². The molecule has 0 atom stereocenters. The average molecular weight is 513 g/mol. The molecular weight excluding hydrogens is 484 g/mol. The third-order valence-corrected chi connectivity index (χ3v) is 7.80. The third-order valence-electron chi connectivity index (χ3n) is 7.80. The van der Waals surface area contributed by atoms with Crippen molar-refractivity contribution in [1.82, 2.24) is 4.57 Å². The van der Waals surface area contributed by atoms with Crippen LogP contribution in [0.3, 0.4) is 0 Å². The predicted octanol–water partition coefficient (Wildman–Crippen LogP) is 10.4. The van der Waals surface area contributed by atoms with Crippen LogP contribution in [0.1, 0.15) is 12.5 Å². The quantitative estimate of drug-likeness (QED) is 0.124. The van der Waals surface area contributed by atoms with Crippen molar-refractivity contribution < 1.29 is 0 Å². The molecule has 1 heterocycles. The van der Waals surface area contributed by atoms with Gasteiger partial charge in [0.2, 0.25) is 0 Å². The molecule has 0 aliphatic heterocycles. The average Bonchev–Trinajstić information content (AvgIpc) is 3.35. The lowest BCUT2D eigenvalue weighted by Crippen LogP contribution is -1.95. The molecule has 40 heavy (non-hydrogen) atoms. The Hall–Kier alpha value is -5.21. The molecule has 190 valence electrons. The van der Waals surface area contributed by atoms with Gasteiger partial charge in [-0.1, -0.05) is 109 Å². The Kier molecular flexibility index (Phi) is 5.87. The number of fused-ring (bicyclic) bond motifs is 5. The zero-order valence-corrected chi connectivity index (χ0v) is 22.4. The smallest absolute Gasteiger partial charge is 0.0707 e. The van der Waals surface area contributed by atoms with E-state index in [1.54, 1.807) is 0 Å². The minimum atomic E-state index is 0.874. The highest BCUT2D eigenvalue weighted by Crippen LogP contribution is 2.42. The van der Waals surface area contributed by atoms with Gasteiger partial charge in [0.25, 0.3) is 0 Å². The molecule has 0 unspecified atom stereocenters. The van der Waals surface area contributed by atoms with E-state index in [9.17, 15) is 0 Å². The largest absolute Gasteiger partial charge is 0.309 e. The first-order chi connectivity index (χ1) is 19.8. The lowest BCUT2D eigenvalue weighted by atomic mass is 9.87. The molecule has 6 aromatic carbocycles. The van der Waals surface area contributed by atoms with Gasteiger partial charge in [0, 0.05) is 22.0 Å². The van der Waals surface area contributed by atoms with Gasteiger partial charge < -0.3 is 4.57 Å². The van der Waals surface area contributed by atoms with Crippen LogP contribution < -0.4 is 0 Å². The van der Waals surface area contributed by atoms with Crippen molar-refractivity contribution in [3.05, 3.63) is 145 Å². The first kappa shape index (κ1) is 23.9. The van der Waals surface area contributed by atoms with E-state index in [1.807, 2.05) is 25.2 Å². The van der Waals surface area contributed by atoms with Crippen molar-refractivity contribution >= 4 is 55.8 Å². The number of allylic oxidation sites excluding steroid dienone is 3. The Morgan fingerprint density at radius 3 is 1.57 bits per heavy atom. The van der Waals surface area contributed by atoms with Crippen LogP contribution in [0.25, 0.3) is 65.9 Å². The van der Waals surface area contributed by atoms with E-state index >= 15 is 0 Å². The summed E-state index contributed by atoms with van der Waals surface area (Å²) < 4.78 is 2.36. The molecule has 0 bridgehead atoms. The minimum Gasteiger partial charge on any atom is -0.309 e. The van der Waals surface area contributed by atoms with Gasteiger partial charge >= 0.3 is 0 Å². The van der Waals surface area contributed by atoms with Gasteiger partial charge in [-0.25, -0.2) is 0 Å². The van der Waals surface area contributed by atoms with E-state index in [1.165, 1.54) is 54.5 Å². The molecule has 0 radical (unpaired) electrons. The van der Waals surface area contributed by atoms with E-state index in [4.69, 9.17) is 0 Å². The molecule has 0 aliphatic rings. The van der Waals surface area contributed by atoms with E-state index < -0.39 is 0 Å². The molecule has 0 N–H and O–H groups in total. The fourth-order valence-corrected chi connectivity index (χ4v) is 6.10. The summed E-state index contributed by atoms with van der Waals surface area (Å²) >= 11 is 0. The van der Waals surface area contributed by atoms with Gasteiger partial charge in [-0.2, -0.15) is 0 Å². The molecule has 0 saturated heterocycles. The first-order valence-electron chi connectivity index (χ1n) is 13.6. The highest BCUT2D eigenvalue weighted by molar-refractivity contribution is 6.19. The minimum absolute atomic E-state index is 0.874. The topological polar surface area (TPSA) is 17.3 Å². The van der Waals surface area contributed by atoms with Gasteiger partial charge in [-0.05, 0) is 76.7 Å². The van der Waals surface area contributed by atoms with Crippen LogP contribution in [-0.4, -0.2) is 11.3 Å². The fraction of sp³-hybridized carbons (Fsp3) is 0.0263. The molecule has 0 saturated carbocycles. The second-order valence-electron chi connectivity index (χ2n) is 9.99. The van der Waals surface area contributed by atoms with Gasteiger partial charge in [0.1, 0.15) is 0 Å². The predicted molar refractivity (Wildman–Crippen MR) is 174 cm³/mol. The normalized spacial score (nSPS) is 12.3. The molecular formula is C38H28N2. The van der Waals surface area contributed by atoms with Crippen LogP contribution in [0.15, 0.2) is 145 Å². The summed E-state index contributed by atoms with van der Waals surface area (Å²) in [4.78, 5) is 4.45. The molecule has 1 aromatic heterocycles. The van der Waals surface area contributed by atoms with Crippen molar-refractivity contribution in [2.45, 2.75) is 6.92 Å². The van der Waals surface area contributed by atoms with Gasteiger partial charge in [-0.3, -0.25) is 4.99 Å². The number of aliphatic imine (C=N–C) groups is 1. The number of rotatable bonds is 5. The Bertz CT molecular complexity index is 2010. The van der Waals surface area contributed by atoms with Crippen molar-refractivity contribution in [3.63, 3.8) is 0 Å². The summed E-state index contributed by atoms with van der Waals surface area (Å²) in [6.07, 6.45) is 6.08. The molecule has 0 amide bonds. The van der Waals surface area contributed by atoms with Crippen LogP contribution >= 0.6 is 0 Å². The maximum Gasteiger partial charge on any atom is 0.0707 e. The summed E-state index contributed by atoms with van der Waals surface area (Å²) in [5.41, 5.74) is 8.00. The Balaban J connectivity index is 1.48. The summed E-state index contributed by atoms with van der Waals surface area (Å²) in [5, 5.41) is 7.29. The monoisotopic (exact) mass is 512 g/mol. The lowest BCUT2D eigenvalue weighted by molar-refractivity contribution is 1.18. The van der Waals surface area contributed by atoms with E-state index in [-0.39, 0.29) is 0 Å². The number of nitrogens with zero attached hydrogens (tertiary/aromatic N) is 2. The van der Waals surface area contributed by atoms with Crippen LogP contribution in [-0.2, 0) is 0 Å². The molecule has 0 fully saturated rings. The van der Waals surface area contributed by atoms with Gasteiger partial charge in [-0.15, -0.1) is 0 Å². The molecule has 2 nitrogen and oxygen atoms in total. The third kappa shape index (κ3) is 3.69. The second kappa shape index (κ2) is 9.83. The summed E-state index contributed by atoms with van der Waals surface area (Å²) in [6.45, 7) is 5.92. The van der Waals surface area contributed by atoms with Gasteiger partial charge in [0.15, 0.2) is 0 Å². The van der Waals surface area contributed by atoms with Crippen LogP contribution in [0.5, 0.6) is 0 Å². The van der Waals surface area contributed by atoms with Crippen LogP contribution in [0, 0.1) is 0 Å². The van der Waals surface area contributed by atoms with Crippen molar-refractivity contribution in [3.8, 4) is 16.8 Å². The standard InChI is InChI=1S/C38H28N2/c1-3-4-19-34(39-2)38-32-17-7-5-15-30(32)37(31-16-6-8-18-33(31)38)26-22-24-27(25-23-26)40-35-20-11-9-13-28(35)29-14-10-12-21-36(29)40/h3-25H,2H2,1H3/b4-3-,34-19-. The highest BCUT2D eigenvalue weighted by atomic mass is 15.0. The Labute approximate surface area is 233 Å². The van der Waals surface area contributed by atoms with Crippen molar-refractivity contribution in [1.29, 1.82) is 0 Å². The molecule has 7 aromatic rings. The fourth-order valence-electron chi connectivity index (χ4n) is 6.10. The maximum absolute atomic E-state index is 4.45. The van der Waals surface area contributed by atoms with Crippen LogP contribution in [0.2, 0.25) is 0 Å². The molecule has 7 rings (SSSR count). The van der Waals surface area contributed by atoms with Crippen LogP contribution in [0.4, 0.5) is 0 Å².